The van der Waals surface area contributed by atoms with Gasteiger partial charge >= 0.3 is 0 Å². The van der Waals surface area contributed by atoms with Crippen molar-refractivity contribution < 1.29 is 28.3 Å². The Morgan fingerprint density at radius 3 is 2.06 bits per heavy atom. The standard InChI is InChI=1S/2C6H6O3/c1-8-6-3-2-5(4-7)9-6;7-3-5-1-2-6(4-8)9-5/h2-4H,1H3;1-3,8H,4H2. The zero-order valence-corrected chi connectivity index (χ0v) is 9.66. The van der Waals surface area contributed by atoms with Crippen LogP contribution in [-0.4, -0.2) is 24.8 Å². The first-order valence-electron chi connectivity index (χ1n) is 4.97. The fourth-order valence-electron chi connectivity index (χ4n) is 1.05. The van der Waals surface area contributed by atoms with E-state index in [9.17, 15) is 9.59 Å². The number of furan rings is 2. The van der Waals surface area contributed by atoms with E-state index in [0.717, 1.165) is 0 Å². The van der Waals surface area contributed by atoms with E-state index in [4.69, 9.17) is 13.9 Å². The summed E-state index contributed by atoms with van der Waals surface area (Å²) in [4.78, 5) is 19.9. The third-order valence-electron chi connectivity index (χ3n) is 1.87. The van der Waals surface area contributed by atoms with Gasteiger partial charge in [0.15, 0.2) is 24.1 Å². The van der Waals surface area contributed by atoms with Gasteiger partial charge in [0.05, 0.1) is 7.11 Å². The quantitative estimate of drug-likeness (QED) is 0.832. The zero-order chi connectivity index (χ0) is 13.4. The summed E-state index contributed by atoms with van der Waals surface area (Å²) in [6.45, 7) is -0.159. The molecule has 0 radical (unpaired) electrons. The number of hydrogen-bond donors (Lipinski definition) is 1. The Morgan fingerprint density at radius 2 is 1.72 bits per heavy atom. The number of hydrogen-bond acceptors (Lipinski definition) is 6. The van der Waals surface area contributed by atoms with Crippen LogP contribution in [0.4, 0.5) is 0 Å². The SMILES string of the molecule is COc1ccc(C=O)o1.O=Cc1ccc(CO)o1. The van der Waals surface area contributed by atoms with Crippen molar-refractivity contribution in [3.63, 3.8) is 0 Å². The molecule has 0 bridgehead atoms. The average Bonchev–Trinajstić information content (AvgIpc) is 3.07. The second-order valence-electron chi connectivity index (χ2n) is 3.06. The Labute approximate surface area is 103 Å². The number of aliphatic hydroxyl groups is 1. The van der Waals surface area contributed by atoms with Gasteiger partial charge in [-0.15, -0.1) is 0 Å². The normalized spacial score (nSPS) is 9.22. The van der Waals surface area contributed by atoms with E-state index in [1.54, 1.807) is 18.2 Å². The maximum Gasteiger partial charge on any atom is 0.284 e. The zero-order valence-electron chi connectivity index (χ0n) is 9.66. The molecule has 0 unspecified atom stereocenters. The molecule has 0 saturated carbocycles. The number of aliphatic hydroxyl groups excluding tert-OH is 1. The number of methoxy groups -OCH3 is 1. The van der Waals surface area contributed by atoms with Crippen molar-refractivity contribution in [2.45, 2.75) is 6.61 Å². The van der Waals surface area contributed by atoms with Gasteiger partial charge in [-0.3, -0.25) is 9.59 Å². The van der Waals surface area contributed by atoms with Gasteiger partial charge in [-0.2, -0.15) is 0 Å². The highest BCUT2D eigenvalue weighted by molar-refractivity contribution is 5.70. The Bertz CT molecular complexity index is 450. The topological polar surface area (TPSA) is 89.9 Å². The average molecular weight is 252 g/mol. The maximum absolute atomic E-state index is 9.99. The van der Waals surface area contributed by atoms with Crippen molar-refractivity contribution in [2.75, 3.05) is 7.11 Å². The monoisotopic (exact) mass is 252 g/mol. The van der Waals surface area contributed by atoms with Gasteiger partial charge in [0, 0.05) is 6.07 Å². The minimum Gasteiger partial charge on any atom is -0.468 e. The van der Waals surface area contributed by atoms with Crippen LogP contribution in [0, 0.1) is 0 Å². The molecule has 2 aromatic heterocycles. The third-order valence-corrected chi connectivity index (χ3v) is 1.87. The van der Waals surface area contributed by atoms with Crippen molar-refractivity contribution in [3.8, 4) is 5.95 Å². The number of carbonyl (C=O) groups excluding carboxylic acids is 2. The van der Waals surface area contributed by atoms with Crippen molar-refractivity contribution in [3.05, 3.63) is 41.5 Å². The van der Waals surface area contributed by atoms with Crippen LogP contribution in [0.2, 0.25) is 0 Å². The number of aldehydes is 2. The summed E-state index contributed by atoms with van der Waals surface area (Å²) < 4.78 is 14.2. The van der Waals surface area contributed by atoms with Gasteiger partial charge in [0.1, 0.15) is 12.4 Å². The highest BCUT2D eigenvalue weighted by Gasteiger charge is 1.97. The lowest BCUT2D eigenvalue weighted by molar-refractivity contribution is 0.108. The lowest BCUT2D eigenvalue weighted by atomic mass is 10.4. The van der Waals surface area contributed by atoms with Crippen molar-refractivity contribution >= 4 is 12.6 Å². The summed E-state index contributed by atoms with van der Waals surface area (Å²) in [7, 11) is 1.48. The van der Waals surface area contributed by atoms with Gasteiger partial charge in [0.2, 0.25) is 0 Å². The Hall–Kier alpha value is -2.34. The van der Waals surface area contributed by atoms with Gasteiger partial charge in [0.25, 0.3) is 5.95 Å². The van der Waals surface area contributed by atoms with Gasteiger partial charge in [-0.25, -0.2) is 0 Å². The summed E-state index contributed by atoms with van der Waals surface area (Å²) in [6.07, 6.45) is 1.22. The van der Waals surface area contributed by atoms with E-state index in [-0.39, 0.29) is 18.1 Å². The molecule has 0 atom stereocenters. The fraction of sp³-hybridized carbons (Fsp3) is 0.167. The highest BCUT2D eigenvalue weighted by Crippen LogP contribution is 2.12. The van der Waals surface area contributed by atoms with Crippen LogP contribution in [0.1, 0.15) is 26.9 Å². The lowest BCUT2D eigenvalue weighted by Gasteiger charge is -1.87. The van der Waals surface area contributed by atoms with E-state index in [1.165, 1.54) is 13.2 Å². The molecule has 2 aromatic rings. The molecule has 0 aromatic carbocycles. The van der Waals surface area contributed by atoms with E-state index < -0.39 is 0 Å². The smallest absolute Gasteiger partial charge is 0.284 e. The first-order chi connectivity index (χ1) is 8.73. The van der Waals surface area contributed by atoms with E-state index in [2.05, 4.69) is 4.74 Å². The molecule has 1 N–H and O–H groups in total. The van der Waals surface area contributed by atoms with Gasteiger partial charge in [-0.1, -0.05) is 0 Å². The maximum atomic E-state index is 9.99. The van der Waals surface area contributed by atoms with Crippen molar-refractivity contribution in [1.29, 1.82) is 0 Å². The Kier molecular flexibility index (Phi) is 5.40. The van der Waals surface area contributed by atoms with Crippen molar-refractivity contribution in [2.24, 2.45) is 0 Å². The molecule has 0 aliphatic carbocycles. The first kappa shape index (κ1) is 13.7. The van der Waals surface area contributed by atoms with Crippen molar-refractivity contribution in [1.82, 2.24) is 0 Å². The predicted molar refractivity (Wildman–Crippen MR) is 60.7 cm³/mol. The molecule has 0 aliphatic heterocycles. The molecule has 6 heteroatoms. The predicted octanol–water partition coefficient (Wildman–Crippen LogP) is 1.69. The second kappa shape index (κ2) is 7.08. The molecule has 0 saturated heterocycles. The van der Waals surface area contributed by atoms with E-state index >= 15 is 0 Å². The lowest BCUT2D eigenvalue weighted by Crippen LogP contribution is -1.76. The third kappa shape index (κ3) is 3.91. The fourth-order valence-corrected chi connectivity index (χ4v) is 1.05. The molecule has 96 valence electrons. The van der Waals surface area contributed by atoms with E-state index in [1.807, 2.05) is 0 Å². The summed E-state index contributed by atoms with van der Waals surface area (Å²) in [6, 6.07) is 6.21. The van der Waals surface area contributed by atoms with Crippen LogP contribution in [-0.2, 0) is 6.61 Å². The number of carbonyl (C=O) groups is 2. The number of rotatable bonds is 4. The van der Waals surface area contributed by atoms with Crippen LogP contribution >= 0.6 is 0 Å². The molecule has 2 heterocycles. The van der Waals surface area contributed by atoms with E-state index in [0.29, 0.717) is 24.3 Å². The Morgan fingerprint density at radius 1 is 1.11 bits per heavy atom. The summed E-state index contributed by atoms with van der Waals surface area (Å²) in [5.74, 6) is 1.31. The molecular weight excluding hydrogens is 240 g/mol. The Balaban J connectivity index is 0.000000180. The number of ether oxygens (including phenoxy) is 1. The molecule has 18 heavy (non-hydrogen) atoms. The van der Waals surface area contributed by atoms with Crippen LogP contribution in [0.15, 0.2) is 33.1 Å². The van der Waals surface area contributed by atoms with Gasteiger partial charge in [-0.05, 0) is 18.2 Å². The summed E-state index contributed by atoms with van der Waals surface area (Å²) >= 11 is 0. The molecule has 6 nitrogen and oxygen atoms in total. The minimum absolute atomic E-state index is 0.159. The van der Waals surface area contributed by atoms with Gasteiger partial charge < -0.3 is 18.7 Å². The second-order valence-corrected chi connectivity index (χ2v) is 3.06. The van der Waals surface area contributed by atoms with Crippen LogP contribution in [0.5, 0.6) is 5.95 Å². The summed E-state index contributed by atoms with van der Waals surface area (Å²) in [5, 5.41) is 8.44. The first-order valence-corrected chi connectivity index (χ1v) is 4.97. The molecular formula is C12H12O6. The largest absolute Gasteiger partial charge is 0.468 e. The minimum atomic E-state index is -0.159. The van der Waals surface area contributed by atoms with Crippen LogP contribution in [0.3, 0.4) is 0 Å². The highest BCUT2D eigenvalue weighted by atomic mass is 16.6. The molecule has 0 aliphatic rings. The molecule has 0 spiro atoms. The molecule has 2 rings (SSSR count). The van der Waals surface area contributed by atoms with Crippen LogP contribution < -0.4 is 4.74 Å². The summed E-state index contributed by atoms with van der Waals surface area (Å²) in [5.41, 5.74) is 0. The molecule has 0 amide bonds. The van der Waals surface area contributed by atoms with Crippen LogP contribution in [0.25, 0.3) is 0 Å². The molecule has 0 fully saturated rings.